The Morgan fingerprint density at radius 2 is 1.94 bits per heavy atom. The van der Waals surface area contributed by atoms with Crippen molar-refractivity contribution in [3.63, 3.8) is 0 Å². The van der Waals surface area contributed by atoms with E-state index in [0.717, 1.165) is 6.42 Å². The van der Waals surface area contributed by atoms with E-state index in [1.165, 1.54) is 6.92 Å². The van der Waals surface area contributed by atoms with Gasteiger partial charge in [0.2, 0.25) is 15.9 Å². The molecule has 4 N–H and O–H groups in total. The number of rotatable bonds is 8. The molecule has 0 saturated heterocycles. The van der Waals surface area contributed by atoms with Crippen LogP contribution in [0.2, 0.25) is 0 Å². The number of sulfonamides is 1. The van der Waals surface area contributed by atoms with Gasteiger partial charge in [0.1, 0.15) is 5.25 Å². The van der Waals surface area contributed by atoms with Crippen molar-refractivity contribution in [1.82, 2.24) is 10.0 Å². The molecule has 0 aliphatic heterocycles. The van der Waals surface area contributed by atoms with Crippen LogP contribution < -0.4 is 15.8 Å². The van der Waals surface area contributed by atoms with E-state index in [0.29, 0.717) is 6.54 Å². The molecule has 6 nitrogen and oxygen atoms in total. The lowest BCUT2D eigenvalue weighted by molar-refractivity contribution is -0.122. The Hall–Kier alpha value is -0.730. The van der Waals surface area contributed by atoms with Crippen LogP contribution in [0, 0.1) is 0 Å². The van der Waals surface area contributed by atoms with Gasteiger partial charge in [-0.05, 0) is 19.8 Å². The van der Waals surface area contributed by atoms with E-state index in [1.807, 2.05) is 6.92 Å². The molecule has 0 saturated carbocycles. The fraction of sp³-hybridized carbons (Fsp3) is 0.800. The minimum absolute atomic E-state index is 0.0915. The van der Waals surface area contributed by atoms with Gasteiger partial charge in [0.25, 0.3) is 0 Å². The van der Waals surface area contributed by atoms with E-state index in [1.54, 1.807) is 6.92 Å². The van der Waals surface area contributed by atoms with Gasteiger partial charge in [-0.15, -0.1) is 0 Å². The third-order valence-corrected chi connectivity index (χ3v) is 4.80. The number of hydrogen-bond acceptors (Lipinski definition) is 4. The Bertz CT molecular complexity index is 395. The quantitative estimate of drug-likeness (QED) is 0.542. The van der Waals surface area contributed by atoms with Crippen molar-refractivity contribution in [1.29, 1.82) is 0 Å². The maximum atomic E-state index is 11.9. The van der Waals surface area contributed by atoms with E-state index >= 15 is 0 Å². The molecule has 0 aliphatic rings. The summed E-state index contributed by atoms with van der Waals surface area (Å²) >= 11 is 4.71. The second kappa shape index (κ2) is 7.65. The zero-order valence-electron chi connectivity index (χ0n) is 10.9. The molecule has 106 valence electrons. The van der Waals surface area contributed by atoms with Crippen LogP contribution in [0.25, 0.3) is 0 Å². The lowest BCUT2D eigenvalue weighted by Gasteiger charge is -2.19. The summed E-state index contributed by atoms with van der Waals surface area (Å²) in [5, 5.41) is 1.66. The maximum Gasteiger partial charge on any atom is 0.237 e. The zero-order valence-corrected chi connectivity index (χ0v) is 12.5. The molecule has 18 heavy (non-hydrogen) atoms. The fourth-order valence-electron chi connectivity index (χ4n) is 1.36. The number of amides is 1. The predicted octanol–water partition coefficient (Wildman–Crippen LogP) is -0.115. The molecule has 0 spiro atoms. The molecule has 0 bridgehead atoms. The minimum Gasteiger partial charge on any atom is -0.392 e. The van der Waals surface area contributed by atoms with Crippen molar-refractivity contribution in [2.45, 2.75) is 44.9 Å². The van der Waals surface area contributed by atoms with Crippen LogP contribution in [0.3, 0.4) is 0 Å². The summed E-state index contributed by atoms with van der Waals surface area (Å²) in [6.45, 7) is 5.58. The number of nitrogens with two attached hydrogens (primary N) is 1. The van der Waals surface area contributed by atoms with Crippen molar-refractivity contribution in [2.75, 3.05) is 6.54 Å². The van der Waals surface area contributed by atoms with Gasteiger partial charge in [0.05, 0.1) is 11.0 Å². The van der Waals surface area contributed by atoms with Crippen molar-refractivity contribution < 1.29 is 13.2 Å². The third kappa shape index (κ3) is 5.28. The first-order valence-electron chi connectivity index (χ1n) is 5.84. The number of carbonyl (C=O) groups is 1. The molecule has 2 atom stereocenters. The summed E-state index contributed by atoms with van der Waals surface area (Å²) in [6, 6.07) is -0.843. The Kier molecular flexibility index (Phi) is 7.34. The molecule has 0 aromatic heterocycles. The average molecular weight is 295 g/mol. The lowest BCUT2D eigenvalue weighted by atomic mass is 10.3. The molecule has 1 amide bonds. The van der Waals surface area contributed by atoms with Gasteiger partial charge in [-0.25, -0.2) is 13.1 Å². The van der Waals surface area contributed by atoms with Crippen LogP contribution >= 0.6 is 12.2 Å². The van der Waals surface area contributed by atoms with Gasteiger partial charge >= 0.3 is 0 Å². The second-order valence-corrected chi connectivity index (χ2v) is 6.34. The van der Waals surface area contributed by atoms with Crippen LogP contribution in [0.15, 0.2) is 0 Å². The van der Waals surface area contributed by atoms with Crippen molar-refractivity contribution >= 4 is 33.1 Å². The Morgan fingerprint density at radius 3 is 2.33 bits per heavy atom. The molecule has 8 heteroatoms. The predicted molar refractivity (Wildman–Crippen MR) is 75.7 cm³/mol. The van der Waals surface area contributed by atoms with E-state index in [-0.39, 0.29) is 17.3 Å². The number of nitrogens with one attached hydrogen (secondary N) is 2. The molecule has 0 radical (unpaired) electrons. The Labute approximate surface area is 114 Å². The normalized spacial score (nSPS) is 14.8. The standard InChI is InChI=1S/C10H21N3O3S2/c1-4-6-12-10(14)7(3)13-18(15,16)8(5-2)9(11)17/h7-8,13H,4-6H2,1-3H3,(H2,11,17)(H,12,14). The highest BCUT2D eigenvalue weighted by Crippen LogP contribution is 2.06. The molecule has 0 aromatic rings. The summed E-state index contributed by atoms with van der Waals surface area (Å²) in [5.74, 6) is -0.363. The molecule has 2 unspecified atom stereocenters. The largest absolute Gasteiger partial charge is 0.392 e. The molecular formula is C10H21N3O3S2. The van der Waals surface area contributed by atoms with E-state index in [2.05, 4.69) is 10.0 Å². The first-order valence-corrected chi connectivity index (χ1v) is 7.79. The molecule has 0 rings (SSSR count). The third-order valence-electron chi connectivity index (χ3n) is 2.35. The van der Waals surface area contributed by atoms with Gasteiger partial charge in [-0.3, -0.25) is 4.79 Å². The van der Waals surface area contributed by atoms with Crippen LogP contribution in [-0.4, -0.2) is 37.2 Å². The van der Waals surface area contributed by atoms with Crippen LogP contribution in [0.5, 0.6) is 0 Å². The molecule has 0 heterocycles. The van der Waals surface area contributed by atoms with Gasteiger partial charge in [0, 0.05) is 6.54 Å². The van der Waals surface area contributed by atoms with Crippen LogP contribution in [0.1, 0.15) is 33.6 Å². The first-order chi connectivity index (χ1) is 8.26. The van der Waals surface area contributed by atoms with Crippen molar-refractivity contribution in [3.8, 4) is 0 Å². The fourth-order valence-corrected chi connectivity index (χ4v) is 3.41. The molecule has 0 fully saturated rings. The monoisotopic (exact) mass is 295 g/mol. The summed E-state index contributed by atoms with van der Waals surface area (Å²) in [5.41, 5.74) is 5.38. The smallest absolute Gasteiger partial charge is 0.237 e. The number of hydrogen-bond donors (Lipinski definition) is 3. The Balaban J connectivity index is 4.66. The highest BCUT2D eigenvalue weighted by atomic mass is 32.2. The van der Waals surface area contributed by atoms with Crippen molar-refractivity contribution in [2.24, 2.45) is 5.73 Å². The van der Waals surface area contributed by atoms with E-state index in [4.69, 9.17) is 18.0 Å². The van der Waals surface area contributed by atoms with Gasteiger partial charge < -0.3 is 11.1 Å². The number of thiocarbonyl (C=S) groups is 1. The maximum absolute atomic E-state index is 11.9. The van der Waals surface area contributed by atoms with Gasteiger partial charge in [-0.1, -0.05) is 26.1 Å². The van der Waals surface area contributed by atoms with Crippen molar-refractivity contribution in [3.05, 3.63) is 0 Å². The van der Waals surface area contributed by atoms with Crippen LogP contribution in [-0.2, 0) is 14.8 Å². The van der Waals surface area contributed by atoms with Gasteiger partial charge in [-0.2, -0.15) is 0 Å². The molecule has 0 aromatic carbocycles. The highest BCUT2D eigenvalue weighted by molar-refractivity contribution is 7.93. The lowest BCUT2D eigenvalue weighted by Crippen LogP contribution is -2.50. The summed E-state index contributed by atoms with van der Waals surface area (Å²) in [7, 11) is -3.72. The van der Waals surface area contributed by atoms with Gasteiger partial charge in [0.15, 0.2) is 0 Å². The molecular weight excluding hydrogens is 274 g/mol. The summed E-state index contributed by atoms with van der Waals surface area (Å²) < 4.78 is 26.2. The van der Waals surface area contributed by atoms with Crippen LogP contribution in [0.4, 0.5) is 0 Å². The minimum atomic E-state index is -3.72. The zero-order chi connectivity index (χ0) is 14.3. The SMILES string of the molecule is CCCNC(=O)C(C)NS(=O)(=O)C(CC)C(N)=S. The summed E-state index contributed by atoms with van der Waals surface area (Å²) in [4.78, 5) is 11.5. The molecule has 0 aliphatic carbocycles. The first kappa shape index (κ1) is 17.3. The van der Waals surface area contributed by atoms with E-state index < -0.39 is 21.3 Å². The van der Waals surface area contributed by atoms with E-state index in [9.17, 15) is 13.2 Å². The highest BCUT2D eigenvalue weighted by Gasteiger charge is 2.29. The second-order valence-electron chi connectivity index (χ2n) is 3.97. The topological polar surface area (TPSA) is 101 Å². The summed E-state index contributed by atoms with van der Waals surface area (Å²) in [6.07, 6.45) is 1.06. The average Bonchev–Trinajstić information content (AvgIpc) is 2.24. The Morgan fingerprint density at radius 1 is 1.39 bits per heavy atom. The number of carbonyl (C=O) groups excluding carboxylic acids is 1.